The maximum absolute atomic E-state index is 13.1. The number of hydrogen-bond acceptors (Lipinski definition) is 4. The normalized spacial score (nSPS) is 10.9. The number of carbonyl (C=O) groups is 1. The summed E-state index contributed by atoms with van der Waals surface area (Å²) in [6, 6.07) is 17.1. The Balaban J connectivity index is 1.74. The first-order valence-electron chi connectivity index (χ1n) is 8.64. The summed E-state index contributed by atoms with van der Waals surface area (Å²) in [5.74, 6) is -0.740. The number of benzene rings is 2. The molecule has 4 rings (SSSR count). The van der Waals surface area contributed by atoms with Crippen LogP contribution < -0.4 is 5.32 Å². The summed E-state index contributed by atoms with van der Waals surface area (Å²) in [6.45, 7) is 0.182. The molecule has 4 aromatic rings. The van der Waals surface area contributed by atoms with Gasteiger partial charge in [-0.15, -0.1) is 0 Å². The van der Waals surface area contributed by atoms with Crippen molar-refractivity contribution in [2.75, 3.05) is 12.4 Å². The molecule has 2 aromatic heterocycles. The second-order valence-electron chi connectivity index (χ2n) is 6.18. The number of halogens is 1. The zero-order valence-electron chi connectivity index (χ0n) is 15.1. The minimum Gasteiger partial charge on any atom is -0.378 e. The van der Waals surface area contributed by atoms with Crippen LogP contribution in [-0.2, 0) is 11.3 Å². The molecular weight excluding hydrogens is 359 g/mol. The first-order valence-corrected chi connectivity index (χ1v) is 8.64. The predicted molar refractivity (Wildman–Crippen MR) is 103 cm³/mol. The van der Waals surface area contributed by atoms with Crippen LogP contribution in [0.3, 0.4) is 0 Å². The average Bonchev–Trinajstić information content (AvgIpc) is 3.15. The Hall–Kier alpha value is -3.58. The average molecular weight is 376 g/mol. The van der Waals surface area contributed by atoms with Gasteiger partial charge >= 0.3 is 0 Å². The van der Waals surface area contributed by atoms with E-state index in [2.05, 4.69) is 15.4 Å². The van der Waals surface area contributed by atoms with Crippen LogP contribution >= 0.6 is 0 Å². The Labute approximate surface area is 160 Å². The van der Waals surface area contributed by atoms with E-state index in [0.29, 0.717) is 22.6 Å². The van der Waals surface area contributed by atoms with Crippen LogP contribution in [0.25, 0.3) is 16.9 Å². The highest BCUT2D eigenvalue weighted by Gasteiger charge is 2.18. The quantitative estimate of drug-likeness (QED) is 0.573. The van der Waals surface area contributed by atoms with Crippen LogP contribution in [0.4, 0.5) is 10.1 Å². The van der Waals surface area contributed by atoms with E-state index >= 15 is 0 Å². The van der Waals surface area contributed by atoms with Crippen molar-refractivity contribution < 1.29 is 13.9 Å². The maximum atomic E-state index is 13.1. The van der Waals surface area contributed by atoms with Gasteiger partial charge in [0.25, 0.3) is 5.91 Å². The molecule has 0 bridgehead atoms. The van der Waals surface area contributed by atoms with Gasteiger partial charge in [0, 0.05) is 30.6 Å². The fourth-order valence-corrected chi connectivity index (χ4v) is 2.93. The monoisotopic (exact) mass is 376 g/mol. The number of methoxy groups -OCH3 is 1. The summed E-state index contributed by atoms with van der Waals surface area (Å²) < 4.78 is 20.0. The highest BCUT2D eigenvalue weighted by Crippen LogP contribution is 2.21. The maximum Gasteiger partial charge on any atom is 0.259 e. The van der Waals surface area contributed by atoms with E-state index in [9.17, 15) is 9.18 Å². The Morgan fingerprint density at radius 1 is 1.14 bits per heavy atom. The zero-order valence-corrected chi connectivity index (χ0v) is 15.1. The summed E-state index contributed by atoms with van der Waals surface area (Å²) >= 11 is 0. The summed E-state index contributed by atoms with van der Waals surface area (Å²) in [5.41, 5.74) is 3.72. The van der Waals surface area contributed by atoms with Crippen LogP contribution in [0.2, 0.25) is 0 Å². The molecule has 0 aliphatic heterocycles. The van der Waals surface area contributed by atoms with Crippen molar-refractivity contribution in [1.29, 1.82) is 0 Å². The van der Waals surface area contributed by atoms with Gasteiger partial charge < -0.3 is 10.1 Å². The number of ether oxygens (including phenoxy) is 1. The van der Waals surface area contributed by atoms with Crippen molar-refractivity contribution in [2.45, 2.75) is 6.61 Å². The highest BCUT2D eigenvalue weighted by atomic mass is 19.1. The lowest BCUT2D eigenvalue weighted by molar-refractivity contribution is 0.102. The first-order chi connectivity index (χ1) is 13.7. The predicted octanol–water partition coefficient (Wildman–Crippen LogP) is 3.93. The summed E-state index contributed by atoms with van der Waals surface area (Å²) in [4.78, 5) is 17.1. The van der Waals surface area contributed by atoms with Gasteiger partial charge in [0.1, 0.15) is 5.82 Å². The van der Waals surface area contributed by atoms with Gasteiger partial charge in [-0.2, -0.15) is 5.10 Å². The molecule has 0 unspecified atom stereocenters. The number of nitrogens with one attached hydrogen (secondary N) is 1. The van der Waals surface area contributed by atoms with E-state index in [1.165, 1.54) is 30.5 Å². The van der Waals surface area contributed by atoms with E-state index in [1.807, 2.05) is 36.4 Å². The van der Waals surface area contributed by atoms with Crippen LogP contribution in [0.15, 0.2) is 66.9 Å². The molecule has 0 aliphatic carbocycles. The van der Waals surface area contributed by atoms with Gasteiger partial charge in [0.15, 0.2) is 5.65 Å². The Kier molecular flexibility index (Phi) is 4.82. The number of rotatable bonds is 5. The first kappa shape index (κ1) is 17.8. The highest BCUT2D eigenvalue weighted by molar-refractivity contribution is 6.05. The molecule has 0 aliphatic rings. The molecule has 1 amide bonds. The van der Waals surface area contributed by atoms with Gasteiger partial charge in [0.05, 0.1) is 23.6 Å². The molecule has 0 spiro atoms. The van der Waals surface area contributed by atoms with Crippen LogP contribution in [-0.4, -0.2) is 27.6 Å². The smallest absolute Gasteiger partial charge is 0.259 e. The van der Waals surface area contributed by atoms with Crippen molar-refractivity contribution in [3.63, 3.8) is 0 Å². The molecule has 0 radical (unpaired) electrons. The molecule has 28 heavy (non-hydrogen) atoms. The molecule has 0 atom stereocenters. The second-order valence-corrected chi connectivity index (χ2v) is 6.18. The summed E-state index contributed by atoms with van der Waals surface area (Å²) in [5, 5.41) is 7.35. The van der Waals surface area contributed by atoms with E-state index in [-0.39, 0.29) is 18.3 Å². The Morgan fingerprint density at radius 3 is 2.61 bits per heavy atom. The second kappa shape index (κ2) is 7.58. The van der Waals surface area contributed by atoms with Gasteiger partial charge in [-0.1, -0.05) is 30.3 Å². The third-order valence-corrected chi connectivity index (χ3v) is 4.28. The van der Waals surface area contributed by atoms with Gasteiger partial charge in [0.2, 0.25) is 0 Å². The van der Waals surface area contributed by atoms with Gasteiger partial charge in [-0.25, -0.2) is 13.9 Å². The molecule has 0 saturated carbocycles. The van der Waals surface area contributed by atoms with Gasteiger partial charge in [-0.05, 0) is 24.3 Å². The summed E-state index contributed by atoms with van der Waals surface area (Å²) in [7, 11) is 1.55. The molecule has 0 fully saturated rings. The van der Waals surface area contributed by atoms with Crippen molar-refractivity contribution in [3.05, 3.63) is 83.9 Å². The number of amides is 1. The molecule has 2 heterocycles. The van der Waals surface area contributed by atoms with Gasteiger partial charge in [-0.3, -0.25) is 4.79 Å². The molecule has 0 saturated heterocycles. The van der Waals surface area contributed by atoms with Crippen LogP contribution in [0, 0.1) is 5.82 Å². The zero-order chi connectivity index (χ0) is 19.5. The third-order valence-electron chi connectivity index (χ3n) is 4.28. The number of fused-ring (bicyclic) bond motifs is 1. The van der Waals surface area contributed by atoms with Crippen molar-refractivity contribution in [1.82, 2.24) is 14.6 Å². The largest absolute Gasteiger partial charge is 0.378 e. The van der Waals surface area contributed by atoms with E-state index in [1.54, 1.807) is 11.6 Å². The number of aromatic nitrogens is 3. The number of carbonyl (C=O) groups excluding carboxylic acids is 1. The van der Waals surface area contributed by atoms with Crippen molar-refractivity contribution in [3.8, 4) is 11.3 Å². The number of anilines is 1. The lowest BCUT2D eigenvalue weighted by Crippen LogP contribution is -2.18. The van der Waals surface area contributed by atoms with Crippen molar-refractivity contribution >= 4 is 17.2 Å². The van der Waals surface area contributed by atoms with E-state index in [4.69, 9.17) is 4.74 Å². The number of nitrogens with zero attached hydrogens (tertiary/aromatic N) is 3. The molecule has 6 nitrogen and oxygen atoms in total. The topological polar surface area (TPSA) is 68.5 Å². The van der Waals surface area contributed by atoms with E-state index in [0.717, 1.165) is 11.3 Å². The lowest BCUT2D eigenvalue weighted by Gasteiger charge is -2.11. The molecule has 2 aromatic carbocycles. The third kappa shape index (κ3) is 3.47. The minimum absolute atomic E-state index is 0.182. The standard InChI is InChI=1S/C21H17FN4O2/c1-28-13-19-17(21(27)24-16-9-7-15(22)8-10-16)12-23-20-11-18(25-26(19)20)14-5-3-2-4-6-14/h2-12H,13H2,1H3,(H,24,27). The lowest BCUT2D eigenvalue weighted by atomic mass is 10.2. The SMILES string of the molecule is COCc1c(C(=O)Nc2ccc(F)cc2)cnc2cc(-c3ccccc3)nn12. The fourth-order valence-electron chi connectivity index (χ4n) is 2.93. The Morgan fingerprint density at radius 2 is 1.89 bits per heavy atom. The molecular formula is C21H17FN4O2. The molecule has 7 heteroatoms. The van der Waals surface area contributed by atoms with Crippen LogP contribution in [0.5, 0.6) is 0 Å². The minimum atomic E-state index is -0.371. The fraction of sp³-hybridized carbons (Fsp3) is 0.0952. The van der Waals surface area contributed by atoms with Crippen LogP contribution in [0.1, 0.15) is 16.1 Å². The van der Waals surface area contributed by atoms with E-state index < -0.39 is 0 Å². The Bertz CT molecular complexity index is 1120. The van der Waals surface area contributed by atoms with Crippen molar-refractivity contribution in [2.24, 2.45) is 0 Å². The molecule has 140 valence electrons. The molecule has 1 N–H and O–H groups in total. The summed E-state index contributed by atoms with van der Waals surface area (Å²) in [6.07, 6.45) is 1.50. The number of hydrogen-bond donors (Lipinski definition) is 1.